The minimum atomic E-state index is -6.38. The molecule has 0 saturated heterocycles. The van der Waals surface area contributed by atoms with Crippen LogP contribution in [0.3, 0.4) is 0 Å². The van der Waals surface area contributed by atoms with E-state index in [0.29, 0.717) is 12.1 Å². The summed E-state index contributed by atoms with van der Waals surface area (Å²) in [6, 6.07) is 5.39. The maximum Gasteiger partial charge on any atom is 0.411 e. The molecule has 0 aromatic heterocycles. The summed E-state index contributed by atoms with van der Waals surface area (Å²) in [6.07, 6.45) is -12.8. The zero-order chi connectivity index (χ0) is 33.5. The molecule has 4 rings (SSSR count). The maximum atomic E-state index is 14.7. The lowest BCUT2D eigenvalue weighted by Crippen LogP contribution is -2.54. The molecule has 0 amide bonds. The van der Waals surface area contributed by atoms with Gasteiger partial charge in [0, 0.05) is 12.1 Å². The second-order valence-corrected chi connectivity index (χ2v) is 9.17. The molecular formula is C27H14F10N4O4. The number of hydrogen-bond donors (Lipinski definition) is 2. The standard InChI is InChI=1S/C27H14F10N4O4/c28-15-3-1-4-16(29)23(15)38-19-9-7-13(11-21(19)40(42)43)25(26(32,33)34,27(35,36)37)14-8-10-20(22(12-14)41(44)45)39-24-17(30)5-2-6-18(24)31/h1-12,38-39H. The lowest BCUT2D eigenvalue weighted by atomic mass is 9.72. The van der Waals surface area contributed by atoms with Crippen LogP contribution in [0.15, 0.2) is 72.8 Å². The molecule has 0 fully saturated rings. The Morgan fingerprint density at radius 2 is 0.844 bits per heavy atom. The molecule has 4 aromatic rings. The smallest absolute Gasteiger partial charge is 0.345 e. The molecule has 8 nitrogen and oxygen atoms in total. The fourth-order valence-corrected chi connectivity index (χ4v) is 4.53. The van der Waals surface area contributed by atoms with Crippen LogP contribution >= 0.6 is 0 Å². The number of nitrogens with one attached hydrogen (secondary N) is 2. The highest BCUT2D eigenvalue weighted by Gasteiger charge is 2.73. The second kappa shape index (κ2) is 11.6. The van der Waals surface area contributed by atoms with E-state index < -0.39 is 96.1 Å². The fourth-order valence-electron chi connectivity index (χ4n) is 4.53. The summed E-state index contributed by atoms with van der Waals surface area (Å²) < 4.78 is 145. The van der Waals surface area contributed by atoms with Crippen molar-refractivity contribution in [3.8, 4) is 0 Å². The molecule has 18 heteroatoms. The number of anilines is 4. The highest BCUT2D eigenvalue weighted by atomic mass is 19.4. The first kappa shape index (κ1) is 32.5. The highest BCUT2D eigenvalue weighted by molar-refractivity contribution is 5.74. The Morgan fingerprint density at radius 3 is 1.11 bits per heavy atom. The summed E-state index contributed by atoms with van der Waals surface area (Å²) in [7, 11) is 0. The number of hydrogen-bond acceptors (Lipinski definition) is 6. The quantitative estimate of drug-likeness (QED) is 0.112. The third-order valence-electron chi connectivity index (χ3n) is 6.55. The van der Waals surface area contributed by atoms with Crippen molar-refractivity contribution in [2.45, 2.75) is 17.8 Å². The zero-order valence-corrected chi connectivity index (χ0v) is 21.7. The van der Waals surface area contributed by atoms with Crippen molar-refractivity contribution < 1.29 is 53.8 Å². The van der Waals surface area contributed by atoms with Gasteiger partial charge in [0.1, 0.15) is 46.0 Å². The van der Waals surface area contributed by atoms with E-state index in [4.69, 9.17) is 0 Å². The van der Waals surface area contributed by atoms with Gasteiger partial charge in [0.05, 0.1) is 9.85 Å². The van der Waals surface area contributed by atoms with Gasteiger partial charge in [0.2, 0.25) is 5.41 Å². The van der Waals surface area contributed by atoms with Gasteiger partial charge in [-0.15, -0.1) is 0 Å². The molecule has 0 bridgehead atoms. The van der Waals surface area contributed by atoms with Gasteiger partial charge in [-0.2, -0.15) is 26.3 Å². The summed E-state index contributed by atoms with van der Waals surface area (Å²) in [5.74, 6) is -5.21. The first-order chi connectivity index (χ1) is 20.9. The number of nitro benzene ring substituents is 2. The first-order valence-corrected chi connectivity index (χ1v) is 12.0. The van der Waals surface area contributed by atoms with Crippen molar-refractivity contribution in [1.29, 1.82) is 0 Å². The average Bonchev–Trinajstić information content (AvgIpc) is 2.92. The van der Waals surface area contributed by atoms with Gasteiger partial charge in [-0.3, -0.25) is 20.2 Å². The van der Waals surface area contributed by atoms with E-state index in [-0.39, 0.29) is 24.3 Å². The molecule has 0 heterocycles. The van der Waals surface area contributed by atoms with Gasteiger partial charge in [0.25, 0.3) is 11.4 Å². The van der Waals surface area contributed by atoms with Crippen LogP contribution in [0.4, 0.5) is 78.0 Å². The summed E-state index contributed by atoms with van der Waals surface area (Å²) in [5.41, 5.74) is -15.6. The molecular weight excluding hydrogens is 634 g/mol. The Morgan fingerprint density at radius 1 is 0.533 bits per heavy atom. The number of benzene rings is 4. The monoisotopic (exact) mass is 648 g/mol. The number of alkyl halides is 6. The van der Waals surface area contributed by atoms with E-state index in [1.165, 1.54) is 0 Å². The number of nitrogens with zero attached hydrogens (tertiary/aromatic N) is 2. The Kier molecular flexibility index (Phi) is 8.36. The third-order valence-corrected chi connectivity index (χ3v) is 6.55. The first-order valence-electron chi connectivity index (χ1n) is 12.0. The van der Waals surface area contributed by atoms with Gasteiger partial charge < -0.3 is 10.6 Å². The van der Waals surface area contributed by atoms with Crippen LogP contribution in [0.2, 0.25) is 0 Å². The minimum absolute atomic E-state index is 0.141. The van der Waals surface area contributed by atoms with E-state index in [2.05, 4.69) is 0 Å². The van der Waals surface area contributed by atoms with Crippen molar-refractivity contribution in [1.82, 2.24) is 0 Å². The summed E-state index contributed by atoms with van der Waals surface area (Å²) in [4.78, 5) is 20.7. The predicted molar refractivity (Wildman–Crippen MR) is 138 cm³/mol. The predicted octanol–water partition coefficient (Wildman–Crippen LogP) is 8.96. The van der Waals surface area contributed by atoms with Crippen molar-refractivity contribution in [2.24, 2.45) is 0 Å². The highest BCUT2D eigenvalue weighted by Crippen LogP contribution is 2.57. The van der Waals surface area contributed by atoms with Crippen molar-refractivity contribution in [3.63, 3.8) is 0 Å². The lowest BCUT2D eigenvalue weighted by molar-refractivity contribution is -0.384. The summed E-state index contributed by atoms with van der Waals surface area (Å²) in [6.45, 7) is 0. The molecule has 4 aromatic carbocycles. The van der Waals surface area contributed by atoms with Gasteiger partial charge in [-0.25, -0.2) is 17.6 Å². The van der Waals surface area contributed by atoms with E-state index >= 15 is 0 Å². The largest absolute Gasteiger partial charge is 0.411 e. The van der Waals surface area contributed by atoms with Gasteiger partial charge in [-0.1, -0.05) is 24.3 Å². The molecule has 2 N–H and O–H groups in total. The molecule has 45 heavy (non-hydrogen) atoms. The average molecular weight is 648 g/mol. The van der Waals surface area contributed by atoms with Crippen molar-refractivity contribution >= 4 is 34.1 Å². The summed E-state index contributed by atoms with van der Waals surface area (Å²) in [5, 5.41) is 27.4. The van der Waals surface area contributed by atoms with Crippen LogP contribution in [0.25, 0.3) is 0 Å². The summed E-state index contributed by atoms with van der Waals surface area (Å²) >= 11 is 0. The van der Waals surface area contributed by atoms with Crippen LogP contribution in [0.5, 0.6) is 0 Å². The zero-order valence-electron chi connectivity index (χ0n) is 21.7. The molecule has 0 spiro atoms. The molecule has 0 saturated carbocycles. The van der Waals surface area contributed by atoms with E-state index in [9.17, 15) is 64.1 Å². The third kappa shape index (κ3) is 5.77. The molecule has 0 atom stereocenters. The normalized spacial score (nSPS) is 12.1. The van der Waals surface area contributed by atoms with Gasteiger partial charge in [-0.05, 0) is 47.5 Å². The molecule has 0 unspecified atom stereocenters. The molecule has 0 aliphatic heterocycles. The van der Waals surface area contributed by atoms with Crippen molar-refractivity contribution in [2.75, 3.05) is 10.6 Å². The van der Waals surface area contributed by atoms with E-state index in [0.717, 1.165) is 36.4 Å². The SMILES string of the molecule is O=[N+]([O-])c1cc(C(c2ccc(Nc3c(F)cccc3F)c([N+](=O)[O-])c2)(C(F)(F)F)C(F)(F)F)ccc1Nc1c(F)cccc1F. The minimum Gasteiger partial charge on any atom is -0.345 e. The van der Waals surface area contributed by atoms with Gasteiger partial charge in [0.15, 0.2) is 0 Å². The van der Waals surface area contributed by atoms with E-state index in [1.54, 1.807) is 0 Å². The topological polar surface area (TPSA) is 110 Å². The molecule has 0 aliphatic carbocycles. The van der Waals surface area contributed by atoms with E-state index in [1.807, 2.05) is 10.6 Å². The Balaban J connectivity index is 1.98. The lowest BCUT2D eigenvalue weighted by Gasteiger charge is -2.38. The van der Waals surface area contributed by atoms with Crippen LogP contribution in [-0.4, -0.2) is 22.2 Å². The maximum absolute atomic E-state index is 14.7. The van der Waals surface area contributed by atoms with Crippen LogP contribution in [0.1, 0.15) is 11.1 Å². The number of para-hydroxylation sites is 2. The molecule has 0 aliphatic rings. The number of nitro groups is 2. The van der Waals surface area contributed by atoms with Crippen molar-refractivity contribution in [3.05, 3.63) is 127 Å². The second-order valence-electron chi connectivity index (χ2n) is 9.17. The Bertz CT molecular complexity index is 1640. The van der Waals surface area contributed by atoms with Crippen LogP contribution < -0.4 is 10.6 Å². The van der Waals surface area contributed by atoms with Crippen LogP contribution in [-0.2, 0) is 5.41 Å². The number of rotatable bonds is 8. The Hall–Kier alpha value is -5.42. The molecule has 236 valence electrons. The number of halogens is 10. The fraction of sp³-hybridized carbons (Fsp3) is 0.111. The van der Waals surface area contributed by atoms with Gasteiger partial charge >= 0.3 is 12.4 Å². The van der Waals surface area contributed by atoms with Crippen LogP contribution in [0, 0.1) is 43.5 Å². The Labute approximate surface area is 244 Å². The molecule has 0 radical (unpaired) electrons.